The van der Waals surface area contributed by atoms with Gasteiger partial charge in [0, 0.05) is 50.5 Å². The summed E-state index contributed by atoms with van der Waals surface area (Å²) in [6.45, 7) is 9.67. The lowest BCUT2D eigenvalue weighted by atomic mass is 9.65. The fourth-order valence-corrected chi connectivity index (χ4v) is 8.40. The minimum absolute atomic E-state index is 0.0124. The molecular weight excluding hydrogens is 616 g/mol. The van der Waals surface area contributed by atoms with E-state index < -0.39 is 6.29 Å². The van der Waals surface area contributed by atoms with E-state index in [2.05, 4.69) is 48.4 Å². The van der Waals surface area contributed by atoms with Gasteiger partial charge in [-0.25, -0.2) is 0 Å². The van der Waals surface area contributed by atoms with E-state index in [4.69, 9.17) is 15.2 Å². The number of carbonyl (C=O) groups is 2. The molecule has 0 spiro atoms. The Bertz CT molecular complexity index is 1590. The average molecular weight is 669 g/mol. The summed E-state index contributed by atoms with van der Waals surface area (Å²) in [6.07, 6.45) is 4.82. The number of nitrogens with zero attached hydrogens (tertiary/aromatic N) is 1. The molecule has 1 saturated carbocycles. The minimum atomic E-state index is -0.517. The highest BCUT2D eigenvalue weighted by Gasteiger charge is 2.50. The van der Waals surface area contributed by atoms with Crippen LogP contribution < -0.4 is 16.4 Å². The van der Waals surface area contributed by atoms with Crippen molar-refractivity contribution in [3.05, 3.63) is 95.1 Å². The summed E-state index contributed by atoms with van der Waals surface area (Å²) in [7, 11) is 0. The minimum Gasteiger partial charge on any atom is -0.397 e. The van der Waals surface area contributed by atoms with Gasteiger partial charge in [-0.2, -0.15) is 0 Å². The van der Waals surface area contributed by atoms with Crippen LogP contribution in [0, 0.1) is 10.8 Å². The number of fused-ring (bicyclic) bond motifs is 2. The molecule has 2 heterocycles. The first kappa shape index (κ1) is 35.1. The second-order valence-electron chi connectivity index (χ2n) is 15.5. The molecule has 5 N–H and O–H groups in total. The van der Waals surface area contributed by atoms with Gasteiger partial charge in [0.15, 0.2) is 6.29 Å². The maximum atomic E-state index is 12.5. The number of rotatable bonds is 12. The molecule has 3 aromatic carbocycles. The van der Waals surface area contributed by atoms with Crippen molar-refractivity contribution in [1.29, 1.82) is 0 Å². The number of benzene rings is 3. The number of carbonyl (C=O) groups excluding carboxylic acids is 2. The molecule has 3 aliphatic rings. The molecule has 2 bridgehead atoms. The highest BCUT2D eigenvalue weighted by atomic mass is 16.7. The molecule has 262 valence electrons. The summed E-state index contributed by atoms with van der Waals surface area (Å²) >= 11 is 0. The van der Waals surface area contributed by atoms with Gasteiger partial charge in [-0.3, -0.25) is 14.5 Å². The summed E-state index contributed by atoms with van der Waals surface area (Å²) in [6, 6.07) is 23.8. The quantitative estimate of drug-likeness (QED) is 0.160. The van der Waals surface area contributed by atoms with Gasteiger partial charge in [0.05, 0.1) is 30.2 Å². The summed E-state index contributed by atoms with van der Waals surface area (Å²) in [5.74, 6) is -0.266. The van der Waals surface area contributed by atoms with Crippen molar-refractivity contribution in [2.24, 2.45) is 10.8 Å². The third-order valence-electron chi connectivity index (χ3n) is 10.4. The number of anilines is 2. The van der Waals surface area contributed by atoms with E-state index >= 15 is 0 Å². The maximum absolute atomic E-state index is 12.5. The Morgan fingerprint density at radius 2 is 1.59 bits per heavy atom. The summed E-state index contributed by atoms with van der Waals surface area (Å²) < 4.78 is 13.3. The molecule has 2 unspecified atom stereocenters. The van der Waals surface area contributed by atoms with Crippen molar-refractivity contribution in [3.8, 4) is 0 Å². The highest BCUT2D eigenvalue weighted by molar-refractivity contribution is 5.93. The van der Waals surface area contributed by atoms with E-state index in [-0.39, 0.29) is 43.5 Å². The smallest absolute Gasteiger partial charge is 0.224 e. The van der Waals surface area contributed by atoms with Crippen molar-refractivity contribution in [1.82, 2.24) is 10.2 Å². The Labute approximate surface area is 290 Å². The van der Waals surface area contributed by atoms with E-state index in [9.17, 15) is 14.7 Å². The van der Waals surface area contributed by atoms with Crippen LogP contribution in [0.3, 0.4) is 0 Å². The molecule has 3 fully saturated rings. The number of amides is 2. The highest BCUT2D eigenvalue weighted by Crippen LogP contribution is 2.53. The van der Waals surface area contributed by atoms with Crippen molar-refractivity contribution in [2.75, 3.05) is 24.1 Å². The number of likely N-dealkylation sites (tertiary alicyclic amines) is 1. The van der Waals surface area contributed by atoms with Crippen LogP contribution in [0.15, 0.2) is 72.8 Å². The molecule has 9 heteroatoms. The van der Waals surface area contributed by atoms with Crippen molar-refractivity contribution in [2.45, 2.75) is 103 Å². The maximum Gasteiger partial charge on any atom is 0.224 e. The Morgan fingerprint density at radius 1 is 0.898 bits per heavy atom. The molecule has 5 atom stereocenters. The fraction of sp³-hybridized carbons (Fsp3) is 0.500. The second kappa shape index (κ2) is 15.0. The number of hydrogen-bond acceptors (Lipinski definition) is 7. The normalized spacial score (nSPS) is 26.3. The second-order valence-corrected chi connectivity index (χ2v) is 15.5. The number of aliphatic hydroxyl groups excluding tert-OH is 1. The van der Waals surface area contributed by atoms with Gasteiger partial charge in [-0.1, -0.05) is 81.4 Å². The van der Waals surface area contributed by atoms with Gasteiger partial charge in [0.2, 0.25) is 11.8 Å². The molecule has 0 aromatic heterocycles. The lowest BCUT2D eigenvalue weighted by Crippen LogP contribution is -2.42. The molecule has 2 aliphatic heterocycles. The van der Waals surface area contributed by atoms with E-state index in [0.717, 1.165) is 41.8 Å². The summed E-state index contributed by atoms with van der Waals surface area (Å²) in [5, 5.41) is 15.3. The first-order valence-electron chi connectivity index (χ1n) is 17.7. The van der Waals surface area contributed by atoms with Crippen LogP contribution in [0.5, 0.6) is 0 Å². The lowest BCUT2D eigenvalue weighted by molar-refractivity contribution is -0.253. The van der Waals surface area contributed by atoms with Crippen LogP contribution >= 0.6 is 0 Å². The molecule has 2 amide bonds. The first-order chi connectivity index (χ1) is 23.5. The third-order valence-corrected chi connectivity index (χ3v) is 10.4. The van der Waals surface area contributed by atoms with Crippen LogP contribution in [0.4, 0.5) is 11.4 Å². The van der Waals surface area contributed by atoms with Crippen LogP contribution in [-0.4, -0.2) is 47.1 Å². The van der Waals surface area contributed by atoms with Crippen molar-refractivity contribution >= 4 is 23.2 Å². The average Bonchev–Trinajstić information content (AvgIpc) is 3.31. The predicted molar refractivity (Wildman–Crippen MR) is 191 cm³/mol. The summed E-state index contributed by atoms with van der Waals surface area (Å²) in [5.41, 5.74) is 11.6. The largest absolute Gasteiger partial charge is 0.397 e. The van der Waals surface area contributed by atoms with Crippen LogP contribution in [0.25, 0.3) is 0 Å². The zero-order valence-electron chi connectivity index (χ0n) is 29.1. The topological polar surface area (TPSA) is 126 Å². The zero-order valence-corrected chi connectivity index (χ0v) is 29.1. The van der Waals surface area contributed by atoms with E-state index in [1.807, 2.05) is 48.5 Å². The number of aliphatic hydroxyl groups is 1. The molecule has 9 nitrogen and oxygen atoms in total. The van der Waals surface area contributed by atoms with Crippen LogP contribution in [0.2, 0.25) is 0 Å². The molecular formula is C40H52N4O5. The number of ether oxygens (including phenoxy) is 2. The predicted octanol–water partition coefficient (Wildman–Crippen LogP) is 6.63. The number of nitrogens with two attached hydrogens (primary N) is 1. The molecule has 1 aliphatic carbocycles. The van der Waals surface area contributed by atoms with Gasteiger partial charge in [-0.15, -0.1) is 0 Å². The number of nitrogen functional groups attached to an aromatic ring is 1. The van der Waals surface area contributed by atoms with Gasteiger partial charge in [0.25, 0.3) is 0 Å². The Balaban J connectivity index is 1.04. The molecule has 0 radical (unpaired) electrons. The SMILES string of the molecule is CC1(C)CC2CC(C)(CN2C[C@H]2C[C@@H](c3ccc(CO)cc3)O[C@@H](c3ccc(CNC(=O)CCCC(=O)Nc4ccccc4N)cc3)O2)C1. The lowest BCUT2D eigenvalue weighted by Gasteiger charge is -2.41. The Hall–Kier alpha value is -3.76. The Morgan fingerprint density at radius 3 is 2.33 bits per heavy atom. The number of hydrogen-bond donors (Lipinski definition) is 4. The van der Waals surface area contributed by atoms with Gasteiger partial charge in [-0.05, 0) is 65.3 Å². The van der Waals surface area contributed by atoms with Crippen LogP contribution in [-0.2, 0) is 32.2 Å². The van der Waals surface area contributed by atoms with Crippen molar-refractivity contribution < 1.29 is 24.2 Å². The van der Waals surface area contributed by atoms with Gasteiger partial charge >= 0.3 is 0 Å². The summed E-state index contributed by atoms with van der Waals surface area (Å²) in [4.78, 5) is 27.5. The number of para-hydroxylation sites is 2. The first-order valence-corrected chi connectivity index (χ1v) is 17.7. The van der Waals surface area contributed by atoms with E-state index in [1.54, 1.807) is 12.1 Å². The van der Waals surface area contributed by atoms with Gasteiger partial charge in [0.1, 0.15) is 0 Å². The monoisotopic (exact) mass is 668 g/mol. The fourth-order valence-electron chi connectivity index (χ4n) is 8.40. The zero-order chi connectivity index (χ0) is 34.6. The molecule has 3 aromatic rings. The van der Waals surface area contributed by atoms with Crippen molar-refractivity contribution in [3.63, 3.8) is 0 Å². The van der Waals surface area contributed by atoms with Crippen LogP contribution in [0.1, 0.15) is 100 Å². The van der Waals surface area contributed by atoms with Gasteiger partial charge < -0.3 is 30.9 Å². The molecule has 2 saturated heterocycles. The standard InChI is InChI=1S/C40H52N4O5/c1-39(2)20-31-21-40(3,25-39)26-44(31)23-32-19-35(29-15-13-28(24-45)14-16-29)49-38(48-32)30-17-11-27(12-18-30)22-42-36(46)9-6-10-37(47)43-34-8-5-4-7-33(34)41/h4-5,7-8,11-18,31-32,35,38,45H,6,9-10,19-26,41H2,1-3H3,(H,42,46)(H,43,47)/t31?,32-,35+,38+,40?/m1/s1. The third kappa shape index (κ3) is 9.08. The van der Waals surface area contributed by atoms with E-state index in [0.29, 0.717) is 41.2 Å². The molecule has 6 rings (SSSR count). The number of nitrogens with one attached hydrogen (secondary N) is 2. The molecule has 49 heavy (non-hydrogen) atoms. The Kier molecular flexibility index (Phi) is 10.7. The van der Waals surface area contributed by atoms with E-state index in [1.165, 1.54) is 19.3 Å².